The molecule has 3 aliphatic carbocycles. The van der Waals surface area contributed by atoms with Crippen molar-refractivity contribution in [1.29, 1.82) is 0 Å². The van der Waals surface area contributed by atoms with Crippen LogP contribution in [0.1, 0.15) is 147 Å². The topological polar surface area (TPSA) is 226 Å². The predicted octanol–water partition coefficient (Wildman–Crippen LogP) is 12.5. The number of para-hydroxylation sites is 3. The Kier molecular flexibility index (Phi) is 28.6. The van der Waals surface area contributed by atoms with Crippen LogP contribution >= 0.6 is 0 Å². The van der Waals surface area contributed by atoms with E-state index < -0.39 is 17.2 Å². The van der Waals surface area contributed by atoms with Crippen LogP contribution < -0.4 is 43.6 Å². The van der Waals surface area contributed by atoms with E-state index in [1.54, 1.807) is 18.6 Å². The van der Waals surface area contributed by atoms with E-state index in [0.717, 1.165) is 144 Å². The van der Waals surface area contributed by atoms with Gasteiger partial charge in [-0.25, -0.2) is 9.59 Å². The van der Waals surface area contributed by atoms with Crippen LogP contribution in [0.5, 0.6) is 0 Å². The van der Waals surface area contributed by atoms with E-state index in [1.807, 2.05) is 202 Å². The minimum Gasteiger partial charge on any atom is -1.00 e. The van der Waals surface area contributed by atoms with Gasteiger partial charge in [0.1, 0.15) is 11.6 Å². The smallest absolute Gasteiger partial charge is 1.00 e. The van der Waals surface area contributed by atoms with Gasteiger partial charge in [-0.2, -0.15) is 0 Å². The number of methoxy groups -OCH3 is 1. The minimum atomic E-state index is -0.878. The summed E-state index contributed by atoms with van der Waals surface area (Å²) in [6.07, 6.45) is 14.7. The number of rotatable bonds is 16. The molecule has 4 amide bonds. The predicted molar refractivity (Wildman–Crippen MR) is 392 cm³/mol. The Labute approximate surface area is 609 Å². The first kappa shape index (κ1) is 78.2. The van der Waals surface area contributed by atoms with E-state index in [9.17, 15) is 29.1 Å². The molecular weight excluding hydrogens is 1320 g/mol. The van der Waals surface area contributed by atoms with Crippen molar-refractivity contribution in [1.82, 2.24) is 30.5 Å². The van der Waals surface area contributed by atoms with Gasteiger partial charge in [0.2, 0.25) is 17.7 Å². The molecule has 0 bridgehead atoms. The molecule has 4 aliphatic rings. The Morgan fingerprint density at radius 3 is 1.28 bits per heavy atom. The van der Waals surface area contributed by atoms with Crippen molar-refractivity contribution in [2.75, 3.05) is 23.1 Å². The van der Waals surface area contributed by atoms with Crippen LogP contribution in [0, 0.1) is 25.2 Å². The monoisotopic (exact) mass is 1410 g/mol. The number of halogens is 1. The van der Waals surface area contributed by atoms with E-state index >= 15 is 0 Å². The van der Waals surface area contributed by atoms with Crippen LogP contribution in [-0.4, -0.2) is 114 Å². The first-order valence-corrected chi connectivity index (χ1v) is 33.4. The fourth-order valence-electron chi connectivity index (χ4n) is 14.2. The fraction of sp³-hybridized carbons (Fsp3) is 0.362. The maximum absolute atomic E-state index is 13.0. The molecule has 3 aromatic heterocycles. The SMILES string of the molecule is C.CC(C)(O)[C@@H](NC1CCC(C(=O)Nc2cccc3cccnc23)CC1)c1ccccc1.CC1(C)OC(=O)N(C2CCC(C(=O)Nc3cccc4cccnc34)CC2)[C@H]1c1ccccc1.COC(=O)[C@@H](NC1CCC(C(=O)Nc2cccc3cccnc23)CC1)c1ccccc1.[Br-].[CH3-].[Mg+2]. The van der Waals surface area contributed by atoms with Crippen LogP contribution in [0.3, 0.4) is 0 Å². The van der Waals surface area contributed by atoms with Crippen molar-refractivity contribution in [2.45, 2.75) is 160 Å². The van der Waals surface area contributed by atoms with E-state index in [1.165, 1.54) is 7.11 Å². The first-order chi connectivity index (χ1) is 46.0. The number of cyclic esters (lactones) is 1. The third-order valence-electron chi connectivity index (χ3n) is 19.2. The number of nitrogens with one attached hydrogen (secondary N) is 5. The van der Waals surface area contributed by atoms with E-state index in [2.05, 4.69) is 53.7 Å². The molecule has 17 nitrogen and oxygen atoms in total. The molecule has 1 saturated heterocycles. The van der Waals surface area contributed by atoms with Crippen molar-refractivity contribution in [3.63, 3.8) is 0 Å². The van der Waals surface area contributed by atoms with Gasteiger partial charge in [0.15, 0.2) is 0 Å². The van der Waals surface area contributed by atoms with Crippen LogP contribution in [0.25, 0.3) is 32.7 Å². The number of carbonyl (C=O) groups is 5. The second-order valence-corrected chi connectivity index (χ2v) is 26.6. The zero-order chi connectivity index (χ0) is 66.5. The van der Waals surface area contributed by atoms with Gasteiger partial charge < -0.3 is 60.3 Å². The molecular formula is C80H94BrMgN9O8. The number of esters is 1. The van der Waals surface area contributed by atoms with Crippen LogP contribution in [0.2, 0.25) is 0 Å². The van der Waals surface area contributed by atoms with Crippen LogP contribution in [-0.2, 0) is 28.7 Å². The number of hydrogen-bond acceptors (Lipinski definition) is 13. The number of aliphatic hydroxyl groups is 1. The summed E-state index contributed by atoms with van der Waals surface area (Å²) in [6.45, 7) is 7.63. The van der Waals surface area contributed by atoms with Gasteiger partial charge in [0.05, 0.1) is 58.4 Å². The van der Waals surface area contributed by atoms with Crippen LogP contribution in [0.4, 0.5) is 21.9 Å². The molecule has 6 aromatic carbocycles. The maximum atomic E-state index is 13.0. The van der Waals surface area contributed by atoms with Gasteiger partial charge in [-0.05, 0) is 158 Å². The molecule has 4 heterocycles. The van der Waals surface area contributed by atoms with E-state index in [-0.39, 0.29) is 133 Å². The Bertz CT molecular complexity index is 4070. The molecule has 0 unspecified atom stereocenters. The first-order valence-electron chi connectivity index (χ1n) is 33.4. The quantitative estimate of drug-likeness (QED) is 0.0301. The zero-order valence-electron chi connectivity index (χ0n) is 56.9. The number of pyridine rings is 3. The summed E-state index contributed by atoms with van der Waals surface area (Å²) in [5.41, 5.74) is 6.26. The van der Waals surface area contributed by atoms with Crippen molar-refractivity contribution in [2.24, 2.45) is 17.8 Å². The molecule has 516 valence electrons. The largest absolute Gasteiger partial charge is 2.00 e. The Balaban J connectivity index is 0.000000205. The van der Waals surface area contributed by atoms with Crippen molar-refractivity contribution >= 4 is 103 Å². The van der Waals surface area contributed by atoms with Gasteiger partial charge >= 0.3 is 35.1 Å². The second-order valence-electron chi connectivity index (χ2n) is 26.6. The number of benzene rings is 6. The third-order valence-corrected chi connectivity index (χ3v) is 19.2. The van der Waals surface area contributed by atoms with Gasteiger partial charge in [-0.1, -0.05) is 153 Å². The number of nitrogens with zero attached hydrogens (tertiary/aromatic N) is 4. The molecule has 6 N–H and O–H groups in total. The zero-order valence-corrected chi connectivity index (χ0v) is 59.9. The third kappa shape index (κ3) is 19.6. The normalized spacial score (nSPS) is 20.6. The van der Waals surface area contributed by atoms with E-state index in [0.29, 0.717) is 0 Å². The summed E-state index contributed by atoms with van der Waals surface area (Å²) in [4.78, 5) is 79.2. The minimum absolute atomic E-state index is 0. The summed E-state index contributed by atoms with van der Waals surface area (Å²) >= 11 is 0. The molecule has 3 saturated carbocycles. The number of aromatic nitrogens is 3. The van der Waals surface area contributed by atoms with Crippen molar-refractivity contribution in [3.8, 4) is 0 Å². The summed E-state index contributed by atoms with van der Waals surface area (Å²) in [5, 5.41) is 30.1. The van der Waals surface area contributed by atoms with Crippen LogP contribution in [0.15, 0.2) is 201 Å². The molecule has 19 heteroatoms. The molecule has 13 rings (SSSR count). The Morgan fingerprint density at radius 1 is 0.525 bits per heavy atom. The number of carbonyl (C=O) groups excluding carboxylic acids is 5. The average Bonchev–Trinajstić information content (AvgIpc) is 1.62. The van der Waals surface area contributed by atoms with Crippen molar-refractivity contribution in [3.05, 3.63) is 225 Å². The Hall–Kier alpha value is -8.17. The van der Waals surface area contributed by atoms with Crippen molar-refractivity contribution < 1.29 is 55.5 Å². The number of ether oxygens (including phenoxy) is 2. The number of hydrogen-bond donors (Lipinski definition) is 6. The number of anilines is 3. The molecule has 99 heavy (non-hydrogen) atoms. The molecule has 1 aliphatic heterocycles. The second kappa shape index (κ2) is 36.3. The fourth-order valence-corrected chi connectivity index (χ4v) is 14.2. The number of amides is 4. The summed E-state index contributed by atoms with van der Waals surface area (Å²) in [5.74, 6) is -0.311. The standard InChI is InChI=1S/C27H29N3O3.C26H31N3O2.C25H27N3O3.CH4.CH3.BrH.Mg/c1-27(2)24(19-8-4-3-5-9-19)30(26(32)33-27)21-15-13-20(14-16-21)25(31)29-22-12-6-10-18-11-7-17-28-23(18)22;1-26(2,31)24(19-8-4-3-5-9-19)28-21-15-13-20(14-16-21)25(30)29-22-12-6-10-18-11-7-17-27-23(18)22;1-31-25(30)23(18-7-3-2-4-8-18)27-20-14-12-19(13-15-20)24(29)28-21-11-5-9-17-10-6-16-26-22(17)21;;;;/h3-12,17,20-21,24H,13-16H2,1-2H3,(H,29,31);3-12,17,20-21,24,28,31H,13-16H2,1-2H3,(H,29,30);2-11,16,19-20,23,27H,12-15H2,1H3,(H,28,29);1H4;1H3;1H;/q;;;;-1;;+2/p-1/t2*20?,21?,24-;19?,20?,23-;;;;/m000..../s1. The maximum Gasteiger partial charge on any atom is 2.00 e. The molecule has 4 fully saturated rings. The summed E-state index contributed by atoms with van der Waals surface area (Å²) in [7, 11) is 1.41. The Morgan fingerprint density at radius 2 is 0.889 bits per heavy atom. The average molecular weight is 1410 g/mol. The number of fused-ring (bicyclic) bond motifs is 3. The molecule has 0 radical (unpaired) electrons. The van der Waals surface area contributed by atoms with Gasteiger partial charge in [-0.15, -0.1) is 0 Å². The summed E-state index contributed by atoms with van der Waals surface area (Å²) in [6, 6.07) is 58.6. The molecule has 9 aromatic rings. The molecule has 0 spiro atoms. The van der Waals surface area contributed by atoms with Gasteiger partial charge in [0, 0.05) is 70.6 Å². The van der Waals surface area contributed by atoms with Gasteiger partial charge in [-0.3, -0.25) is 39.6 Å². The van der Waals surface area contributed by atoms with Gasteiger partial charge in [0.25, 0.3) is 0 Å². The summed E-state index contributed by atoms with van der Waals surface area (Å²) < 4.78 is 10.8. The molecule has 3 atom stereocenters. The van der Waals surface area contributed by atoms with E-state index in [4.69, 9.17) is 9.47 Å².